The molecule has 0 fully saturated rings. The maximum absolute atomic E-state index is 13.3. The van der Waals surface area contributed by atoms with Crippen molar-refractivity contribution >= 4 is 39.1 Å². The molecule has 0 aliphatic carbocycles. The number of halogens is 2. The summed E-state index contributed by atoms with van der Waals surface area (Å²) in [4.78, 5) is 21.9. The standard InChI is InChI=1S/C11H12BrFN2O2/c1-6(12)11(17)15-8-3-4-9(13)10(5-8)14-7(2)16/h3-6H,1-2H3,(H,14,16)(H,15,17). The van der Waals surface area contributed by atoms with Crippen LogP contribution in [-0.2, 0) is 9.59 Å². The molecule has 1 unspecified atom stereocenters. The van der Waals surface area contributed by atoms with Gasteiger partial charge in [-0.25, -0.2) is 4.39 Å². The lowest BCUT2D eigenvalue weighted by Gasteiger charge is -2.09. The molecule has 92 valence electrons. The van der Waals surface area contributed by atoms with Gasteiger partial charge in [-0.05, 0) is 25.1 Å². The van der Waals surface area contributed by atoms with E-state index in [1.54, 1.807) is 6.92 Å². The molecular weight excluding hydrogens is 291 g/mol. The first-order chi connectivity index (χ1) is 7.90. The number of anilines is 2. The molecule has 1 aromatic carbocycles. The number of carbonyl (C=O) groups is 2. The number of hydrogen-bond acceptors (Lipinski definition) is 2. The topological polar surface area (TPSA) is 58.2 Å². The fourth-order valence-corrected chi connectivity index (χ4v) is 1.24. The highest BCUT2D eigenvalue weighted by Crippen LogP contribution is 2.20. The molecule has 17 heavy (non-hydrogen) atoms. The Labute approximate surface area is 107 Å². The lowest BCUT2D eigenvalue weighted by Crippen LogP contribution is -2.20. The highest BCUT2D eigenvalue weighted by Gasteiger charge is 2.10. The molecule has 0 saturated heterocycles. The summed E-state index contributed by atoms with van der Waals surface area (Å²) in [7, 11) is 0. The first kappa shape index (κ1) is 13.6. The Kier molecular flexibility index (Phi) is 4.62. The Bertz CT molecular complexity index is 449. The molecule has 6 heteroatoms. The van der Waals surface area contributed by atoms with E-state index >= 15 is 0 Å². The van der Waals surface area contributed by atoms with E-state index in [0.717, 1.165) is 0 Å². The van der Waals surface area contributed by atoms with Gasteiger partial charge in [-0.2, -0.15) is 0 Å². The van der Waals surface area contributed by atoms with Crippen molar-refractivity contribution in [3.05, 3.63) is 24.0 Å². The Morgan fingerprint density at radius 1 is 1.35 bits per heavy atom. The lowest BCUT2D eigenvalue weighted by molar-refractivity contribution is -0.115. The van der Waals surface area contributed by atoms with Crippen molar-refractivity contribution in [2.45, 2.75) is 18.7 Å². The molecule has 1 aromatic rings. The van der Waals surface area contributed by atoms with Crippen molar-refractivity contribution in [1.82, 2.24) is 0 Å². The molecule has 2 amide bonds. The number of alkyl halides is 1. The largest absolute Gasteiger partial charge is 0.325 e. The summed E-state index contributed by atoms with van der Waals surface area (Å²) in [6.45, 7) is 2.96. The second-order valence-corrected chi connectivity index (χ2v) is 4.85. The molecule has 0 bridgehead atoms. The minimum absolute atomic E-state index is 0.0394. The molecule has 0 aliphatic rings. The highest BCUT2D eigenvalue weighted by atomic mass is 79.9. The normalized spacial score (nSPS) is 11.8. The van der Waals surface area contributed by atoms with Crippen molar-refractivity contribution < 1.29 is 14.0 Å². The second-order valence-electron chi connectivity index (χ2n) is 3.48. The summed E-state index contributed by atoms with van der Waals surface area (Å²) in [5.74, 6) is -1.17. The molecule has 0 aromatic heterocycles. The zero-order valence-corrected chi connectivity index (χ0v) is 11.0. The van der Waals surface area contributed by atoms with Gasteiger partial charge in [0.25, 0.3) is 0 Å². The van der Waals surface area contributed by atoms with Gasteiger partial charge in [-0.3, -0.25) is 9.59 Å². The van der Waals surface area contributed by atoms with E-state index in [9.17, 15) is 14.0 Å². The van der Waals surface area contributed by atoms with Crippen molar-refractivity contribution in [3.8, 4) is 0 Å². The van der Waals surface area contributed by atoms with Gasteiger partial charge in [0, 0.05) is 12.6 Å². The molecule has 0 saturated carbocycles. The van der Waals surface area contributed by atoms with Crippen molar-refractivity contribution in [2.24, 2.45) is 0 Å². The summed E-state index contributed by atoms with van der Waals surface area (Å²) < 4.78 is 13.3. The molecular formula is C11H12BrFN2O2. The summed E-state index contributed by atoms with van der Waals surface area (Å²) in [6.07, 6.45) is 0. The Morgan fingerprint density at radius 3 is 2.53 bits per heavy atom. The monoisotopic (exact) mass is 302 g/mol. The van der Waals surface area contributed by atoms with Crippen LogP contribution in [0.3, 0.4) is 0 Å². The molecule has 0 heterocycles. The van der Waals surface area contributed by atoms with Gasteiger partial charge >= 0.3 is 0 Å². The average molecular weight is 303 g/mol. The van der Waals surface area contributed by atoms with Gasteiger partial charge < -0.3 is 10.6 Å². The van der Waals surface area contributed by atoms with Crippen LogP contribution in [0, 0.1) is 5.82 Å². The number of benzene rings is 1. The first-order valence-electron chi connectivity index (χ1n) is 4.92. The van der Waals surface area contributed by atoms with Crippen LogP contribution >= 0.6 is 15.9 Å². The SMILES string of the molecule is CC(=O)Nc1cc(NC(=O)C(C)Br)ccc1F. The van der Waals surface area contributed by atoms with Crippen LogP contribution in [0.1, 0.15) is 13.8 Å². The third-order valence-corrected chi connectivity index (χ3v) is 2.32. The quantitative estimate of drug-likeness (QED) is 0.843. The summed E-state index contributed by atoms with van der Waals surface area (Å²) >= 11 is 3.11. The third kappa shape index (κ3) is 4.14. The maximum atomic E-state index is 13.3. The van der Waals surface area contributed by atoms with Crippen LogP contribution in [0.15, 0.2) is 18.2 Å². The number of rotatable bonds is 3. The molecule has 0 spiro atoms. The van der Waals surface area contributed by atoms with E-state index in [-0.39, 0.29) is 22.3 Å². The van der Waals surface area contributed by atoms with Gasteiger partial charge in [0.2, 0.25) is 11.8 Å². The van der Waals surface area contributed by atoms with Crippen LogP contribution in [0.5, 0.6) is 0 Å². The first-order valence-corrected chi connectivity index (χ1v) is 5.84. The van der Waals surface area contributed by atoms with Crippen molar-refractivity contribution in [3.63, 3.8) is 0 Å². The molecule has 0 radical (unpaired) electrons. The van der Waals surface area contributed by atoms with Crippen LogP contribution in [-0.4, -0.2) is 16.6 Å². The zero-order valence-electron chi connectivity index (χ0n) is 9.38. The summed E-state index contributed by atoms with van der Waals surface area (Å²) in [6, 6.07) is 3.97. The summed E-state index contributed by atoms with van der Waals surface area (Å²) in [5.41, 5.74) is 0.462. The van der Waals surface area contributed by atoms with Gasteiger partial charge in [-0.15, -0.1) is 0 Å². The smallest absolute Gasteiger partial charge is 0.237 e. The van der Waals surface area contributed by atoms with E-state index in [2.05, 4.69) is 26.6 Å². The fourth-order valence-electron chi connectivity index (χ4n) is 1.13. The second kappa shape index (κ2) is 5.77. The Morgan fingerprint density at radius 2 is 2.00 bits per heavy atom. The van der Waals surface area contributed by atoms with E-state index in [0.29, 0.717) is 5.69 Å². The molecule has 1 rings (SSSR count). The number of carbonyl (C=O) groups excluding carboxylic acids is 2. The third-order valence-electron chi connectivity index (χ3n) is 1.91. The predicted octanol–water partition coefficient (Wildman–Crippen LogP) is 2.51. The average Bonchev–Trinajstić information content (AvgIpc) is 2.22. The predicted molar refractivity (Wildman–Crippen MR) is 67.7 cm³/mol. The molecule has 0 aliphatic heterocycles. The van der Waals surface area contributed by atoms with Gasteiger partial charge in [-0.1, -0.05) is 15.9 Å². The lowest BCUT2D eigenvalue weighted by atomic mass is 10.2. The number of nitrogens with one attached hydrogen (secondary N) is 2. The minimum Gasteiger partial charge on any atom is -0.325 e. The van der Waals surface area contributed by atoms with E-state index in [1.165, 1.54) is 25.1 Å². The number of amides is 2. The van der Waals surface area contributed by atoms with E-state index in [1.807, 2.05) is 0 Å². The molecule has 2 N–H and O–H groups in total. The van der Waals surface area contributed by atoms with Gasteiger partial charge in [0.1, 0.15) is 5.82 Å². The van der Waals surface area contributed by atoms with Gasteiger partial charge in [0.15, 0.2) is 0 Å². The van der Waals surface area contributed by atoms with E-state index < -0.39 is 5.82 Å². The Balaban J connectivity index is 2.88. The van der Waals surface area contributed by atoms with Crippen LogP contribution in [0.25, 0.3) is 0 Å². The van der Waals surface area contributed by atoms with Crippen LogP contribution < -0.4 is 10.6 Å². The number of hydrogen-bond donors (Lipinski definition) is 2. The van der Waals surface area contributed by atoms with Crippen molar-refractivity contribution in [1.29, 1.82) is 0 Å². The minimum atomic E-state index is -0.551. The highest BCUT2D eigenvalue weighted by molar-refractivity contribution is 9.10. The maximum Gasteiger partial charge on any atom is 0.237 e. The molecule has 4 nitrogen and oxygen atoms in total. The molecule has 1 atom stereocenters. The van der Waals surface area contributed by atoms with Crippen LogP contribution in [0.4, 0.5) is 15.8 Å². The Hall–Kier alpha value is -1.43. The van der Waals surface area contributed by atoms with Crippen LogP contribution in [0.2, 0.25) is 0 Å². The fraction of sp³-hybridized carbons (Fsp3) is 0.273. The zero-order chi connectivity index (χ0) is 13.0. The summed E-state index contributed by atoms with van der Waals surface area (Å²) in [5, 5.41) is 4.92. The van der Waals surface area contributed by atoms with Crippen molar-refractivity contribution in [2.75, 3.05) is 10.6 Å². The van der Waals surface area contributed by atoms with Gasteiger partial charge in [0.05, 0.1) is 10.5 Å². The van der Waals surface area contributed by atoms with E-state index in [4.69, 9.17) is 0 Å².